The Balaban J connectivity index is 1.89. The number of amides is 2. The lowest BCUT2D eigenvalue weighted by Crippen LogP contribution is -2.40. The van der Waals surface area contributed by atoms with Gasteiger partial charge in [-0.3, -0.25) is 9.59 Å². The minimum absolute atomic E-state index is 0.113. The van der Waals surface area contributed by atoms with Crippen LogP contribution in [-0.4, -0.2) is 47.4 Å². The van der Waals surface area contributed by atoms with Crippen molar-refractivity contribution in [2.24, 2.45) is 0 Å². The molecule has 0 aliphatic rings. The number of carbonyl (C=O) groups is 3. The standard InChI is InChI=1S/C19H20ClN3O4/c1-3-23(11-17(24)22-16-10-14(20)8-7-13(16)2)18(25)12-27-19(26)15-6-4-5-9-21-15/h4-10H,3,11-12H2,1-2H3,(H,22,24). The first-order valence-corrected chi connectivity index (χ1v) is 8.70. The smallest absolute Gasteiger partial charge is 0.357 e. The SMILES string of the molecule is CCN(CC(=O)Nc1cc(Cl)ccc1C)C(=O)COC(=O)c1ccccn1. The number of carbonyl (C=O) groups excluding carboxylic acids is 3. The number of ether oxygens (including phenoxy) is 1. The van der Waals surface area contributed by atoms with Crippen LogP contribution in [0.2, 0.25) is 5.02 Å². The Hall–Kier alpha value is -2.93. The fourth-order valence-corrected chi connectivity index (χ4v) is 2.42. The Labute approximate surface area is 162 Å². The molecule has 0 saturated heterocycles. The molecule has 0 spiro atoms. The lowest BCUT2D eigenvalue weighted by molar-refractivity contribution is -0.137. The molecule has 142 valence electrons. The number of benzene rings is 1. The van der Waals surface area contributed by atoms with Gasteiger partial charge in [0.25, 0.3) is 5.91 Å². The predicted octanol–water partition coefficient (Wildman–Crippen LogP) is 2.69. The highest BCUT2D eigenvalue weighted by atomic mass is 35.5. The van der Waals surface area contributed by atoms with E-state index in [0.29, 0.717) is 17.3 Å². The summed E-state index contributed by atoms with van der Waals surface area (Å²) >= 11 is 5.94. The number of nitrogens with zero attached hydrogens (tertiary/aromatic N) is 2. The quantitative estimate of drug-likeness (QED) is 0.735. The van der Waals surface area contributed by atoms with E-state index in [2.05, 4.69) is 10.3 Å². The fraction of sp³-hybridized carbons (Fsp3) is 0.263. The molecule has 2 rings (SSSR count). The van der Waals surface area contributed by atoms with Crippen molar-refractivity contribution in [3.05, 3.63) is 58.9 Å². The number of rotatable bonds is 7. The maximum absolute atomic E-state index is 12.2. The molecule has 2 amide bonds. The number of aryl methyl sites for hydroxylation is 1. The van der Waals surface area contributed by atoms with Crippen LogP contribution >= 0.6 is 11.6 Å². The van der Waals surface area contributed by atoms with Crippen molar-refractivity contribution in [1.82, 2.24) is 9.88 Å². The van der Waals surface area contributed by atoms with Crippen molar-refractivity contribution in [3.8, 4) is 0 Å². The van der Waals surface area contributed by atoms with Crippen LogP contribution in [0.1, 0.15) is 23.0 Å². The van der Waals surface area contributed by atoms with Gasteiger partial charge in [-0.1, -0.05) is 23.7 Å². The molecule has 0 bridgehead atoms. The van der Waals surface area contributed by atoms with Crippen molar-refractivity contribution < 1.29 is 19.1 Å². The van der Waals surface area contributed by atoms with E-state index in [9.17, 15) is 14.4 Å². The molecule has 0 radical (unpaired) electrons. The van der Waals surface area contributed by atoms with Gasteiger partial charge in [-0.2, -0.15) is 0 Å². The maximum Gasteiger partial charge on any atom is 0.357 e. The average Bonchev–Trinajstić information content (AvgIpc) is 2.67. The van der Waals surface area contributed by atoms with Gasteiger partial charge in [0.05, 0.1) is 6.54 Å². The molecule has 1 N–H and O–H groups in total. The molecule has 1 heterocycles. The third-order valence-electron chi connectivity index (χ3n) is 3.74. The summed E-state index contributed by atoms with van der Waals surface area (Å²) in [4.78, 5) is 41.5. The highest BCUT2D eigenvalue weighted by Gasteiger charge is 2.18. The van der Waals surface area contributed by atoms with E-state index < -0.39 is 18.5 Å². The van der Waals surface area contributed by atoms with Crippen LogP contribution in [0.25, 0.3) is 0 Å². The van der Waals surface area contributed by atoms with Gasteiger partial charge < -0.3 is 15.0 Å². The maximum atomic E-state index is 12.2. The van der Waals surface area contributed by atoms with E-state index in [1.165, 1.54) is 17.2 Å². The van der Waals surface area contributed by atoms with E-state index in [4.69, 9.17) is 16.3 Å². The summed E-state index contributed by atoms with van der Waals surface area (Å²) in [5.74, 6) is -1.54. The number of pyridine rings is 1. The molecule has 1 aromatic carbocycles. The van der Waals surface area contributed by atoms with Crippen LogP contribution in [0.5, 0.6) is 0 Å². The van der Waals surface area contributed by atoms with Gasteiger partial charge in [-0.15, -0.1) is 0 Å². The normalized spacial score (nSPS) is 10.2. The van der Waals surface area contributed by atoms with E-state index in [1.54, 1.807) is 37.3 Å². The summed E-state index contributed by atoms with van der Waals surface area (Å²) in [6.07, 6.45) is 1.46. The Morgan fingerprint density at radius 2 is 2.00 bits per heavy atom. The largest absolute Gasteiger partial charge is 0.451 e. The number of esters is 1. The molecular formula is C19H20ClN3O4. The zero-order chi connectivity index (χ0) is 19.8. The van der Waals surface area contributed by atoms with E-state index in [0.717, 1.165) is 5.56 Å². The summed E-state index contributed by atoms with van der Waals surface area (Å²) < 4.78 is 4.97. The van der Waals surface area contributed by atoms with Crippen LogP contribution in [-0.2, 0) is 14.3 Å². The lowest BCUT2D eigenvalue weighted by Gasteiger charge is -2.20. The number of hydrogen-bond acceptors (Lipinski definition) is 5. The molecule has 0 aliphatic heterocycles. The zero-order valence-corrected chi connectivity index (χ0v) is 15.8. The first-order valence-electron chi connectivity index (χ1n) is 8.32. The number of likely N-dealkylation sites (N-methyl/N-ethyl adjacent to an activating group) is 1. The van der Waals surface area contributed by atoms with E-state index in [-0.39, 0.29) is 18.1 Å². The Bertz CT molecular complexity index is 827. The summed E-state index contributed by atoms with van der Waals surface area (Å²) in [6, 6.07) is 9.96. The molecule has 7 nitrogen and oxygen atoms in total. The van der Waals surface area contributed by atoms with Crippen LogP contribution in [0.15, 0.2) is 42.6 Å². The highest BCUT2D eigenvalue weighted by Crippen LogP contribution is 2.20. The molecule has 0 atom stereocenters. The summed E-state index contributed by atoms with van der Waals surface area (Å²) in [5, 5.41) is 3.23. The van der Waals surface area contributed by atoms with Crippen molar-refractivity contribution in [3.63, 3.8) is 0 Å². The molecule has 2 aromatic rings. The molecule has 0 saturated carbocycles. The van der Waals surface area contributed by atoms with Crippen molar-refractivity contribution in [2.45, 2.75) is 13.8 Å². The van der Waals surface area contributed by atoms with Crippen LogP contribution in [0.3, 0.4) is 0 Å². The molecule has 0 aliphatic carbocycles. The zero-order valence-electron chi connectivity index (χ0n) is 15.1. The second-order valence-corrected chi connectivity index (χ2v) is 6.14. The number of nitrogens with one attached hydrogen (secondary N) is 1. The van der Waals surface area contributed by atoms with E-state index >= 15 is 0 Å². The van der Waals surface area contributed by atoms with Gasteiger partial charge in [0.1, 0.15) is 5.69 Å². The predicted molar refractivity (Wildman–Crippen MR) is 102 cm³/mol. The monoisotopic (exact) mass is 389 g/mol. The first kappa shape index (κ1) is 20.4. The van der Waals surface area contributed by atoms with Gasteiger partial charge in [-0.25, -0.2) is 9.78 Å². The molecule has 0 unspecified atom stereocenters. The van der Waals surface area contributed by atoms with Gasteiger partial charge in [-0.05, 0) is 43.7 Å². The first-order chi connectivity index (χ1) is 12.9. The Morgan fingerprint density at radius 1 is 1.22 bits per heavy atom. The summed E-state index contributed by atoms with van der Waals surface area (Å²) in [7, 11) is 0. The van der Waals surface area contributed by atoms with Gasteiger partial charge >= 0.3 is 5.97 Å². The molecular weight excluding hydrogens is 370 g/mol. The van der Waals surface area contributed by atoms with Crippen LogP contribution in [0.4, 0.5) is 5.69 Å². The molecule has 8 heteroatoms. The minimum atomic E-state index is -0.695. The summed E-state index contributed by atoms with van der Waals surface area (Å²) in [6.45, 7) is 3.24. The number of anilines is 1. The Morgan fingerprint density at radius 3 is 2.67 bits per heavy atom. The lowest BCUT2D eigenvalue weighted by atomic mass is 10.2. The number of aromatic nitrogens is 1. The number of hydrogen-bond donors (Lipinski definition) is 1. The minimum Gasteiger partial charge on any atom is -0.451 e. The topological polar surface area (TPSA) is 88.6 Å². The van der Waals surface area contributed by atoms with Crippen molar-refractivity contribution in [2.75, 3.05) is 25.0 Å². The number of halogens is 1. The molecule has 0 fully saturated rings. The third kappa shape index (κ3) is 6.07. The second kappa shape index (κ2) is 9.68. The van der Waals surface area contributed by atoms with Crippen LogP contribution in [0, 0.1) is 6.92 Å². The summed E-state index contributed by atoms with van der Waals surface area (Å²) in [5.41, 5.74) is 1.55. The van der Waals surface area contributed by atoms with Gasteiger partial charge in [0.2, 0.25) is 5.91 Å². The van der Waals surface area contributed by atoms with Crippen molar-refractivity contribution in [1.29, 1.82) is 0 Å². The molecule has 27 heavy (non-hydrogen) atoms. The third-order valence-corrected chi connectivity index (χ3v) is 3.98. The highest BCUT2D eigenvalue weighted by molar-refractivity contribution is 6.31. The second-order valence-electron chi connectivity index (χ2n) is 5.71. The van der Waals surface area contributed by atoms with E-state index in [1.807, 2.05) is 6.92 Å². The molecule has 1 aromatic heterocycles. The van der Waals surface area contributed by atoms with Gasteiger partial charge in [0.15, 0.2) is 6.61 Å². The Kier molecular flexibility index (Phi) is 7.31. The van der Waals surface area contributed by atoms with Crippen molar-refractivity contribution >= 4 is 35.1 Å². The fourth-order valence-electron chi connectivity index (χ4n) is 2.24. The van der Waals surface area contributed by atoms with Gasteiger partial charge in [0, 0.05) is 23.5 Å². The van der Waals surface area contributed by atoms with Crippen LogP contribution < -0.4 is 5.32 Å². The average molecular weight is 390 g/mol.